The molecule has 0 aliphatic carbocycles. The number of rotatable bonds is 9. The van der Waals surface area contributed by atoms with Crippen LogP contribution in [-0.2, 0) is 6.54 Å². The molecule has 52 heavy (non-hydrogen) atoms. The maximum atomic E-state index is 5.11. The fourth-order valence-corrected chi connectivity index (χ4v) is 6.33. The summed E-state index contributed by atoms with van der Waals surface area (Å²) in [5.41, 5.74) is 9.88. The van der Waals surface area contributed by atoms with Crippen LogP contribution in [0.5, 0.6) is 0 Å². The van der Waals surface area contributed by atoms with Crippen molar-refractivity contribution in [2.24, 2.45) is 10.2 Å². The summed E-state index contributed by atoms with van der Waals surface area (Å²) in [6.45, 7) is 3.16. The quantitative estimate of drug-likeness (QED) is 0.113. The Labute approximate surface area is 306 Å². The average molecular weight is 676 g/mol. The molecule has 5 nitrogen and oxygen atoms in total. The van der Waals surface area contributed by atoms with E-state index >= 15 is 0 Å². The van der Waals surface area contributed by atoms with E-state index in [0.29, 0.717) is 0 Å². The first kappa shape index (κ1) is 33.8. The number of nitrogens with zero attached hydrogens (tertiary/aromatic N) is 5. The second kappa shape index (κ2) is 16.3. The summed E-state index contributed by atoms with van der Waals surface area (Å²) in [5, 5.41) is 16.1. The Bertz CT molecular complexity index is 2300. The Hall–Kier alpha value is -6.72. The van der Waals surface area contributed by atoms with Crippen molar-refractivity contribution in [1.29, 1.82) is 0 Å². The van der Waals surface area contributed by atoms with E-state index in [1.807, 2.05) is 114 Å². The van der Waals surface area contributed by atoms with Crippen LogP contribution in [0.2, 0.25) is 0 Å². The number of aryl methyl sites for hydroxylation is 1. The lowest BCUT2D eigenvalue weighted by Gasteiger charge is -2.21. The van der Waals surface area contributed by atoms with Crippen molar-refractivity contribution in [3.8, 4) is 0 Å². The normalized spacial score (nSPS) is 10.9. The van der Waals surface area contributed by atoms with Crippen LogP contribution in [0.4, 0.5) is 17.1 Å². The first-order chi connectivity index (χ1) is 25.7. The predicted octanol–water partition coefficient (Wildman–Crippen LogP) is 11.6. The maximum absolute atomic E-state index is 5.11. The third-order valence-electron chi connectivity index (χ3n) is 8.92. The molecule has 0 unspecified atom stereocenters. The zero-order chi connectivity index (χ0) is 35.5. The summed E-state index contributed by atoms with van der Waals surface area (Å²) >= 11 is 0. The highest BCUT2D eigenvalue weighted by Crippen LogP contribution is 2.30. The number of anilines is 3. The Balaban J connectivity index is 0.000000162. The third kappa shape index (κ3) is 7.69. The lowest BCUT2D eigenvalue weighted by molar-refractivity contribution is 0.827. The Morgan fingerprint density at radius 1 is 0.519 bits per heavy atom. The van der Waals surface area contributed by atoms with Crippen molar-refractivity contribution in [3.63, 3.8) is 0 Å². The Morgan fingerprint density at radius 3 is 1.52 bits per heavy atom. The Morgan fingerprint density at radius 2 is 0.981 bits per heavy atom. The maximum Gasteiger partial charge on any atom is 0.0984 e. The van der Waals surface area contributed by atoms with Gasteiger partial charge in [0.05, 0.1) is 29.0 Å². The van der Waals surface area contributed by atoms with Gasteiger partial charge in [-0.15, -0.1) is 0 Å². The number of benzene rings is 7. The van der Waals surface area contributed by atoms with Gasteiger partial charge in [-0.3, -0.25) is 5.01 Å². The summed E-state index contributed by atoms with van der Waals surface area (Å²) in [6.07, 6.45) is 1.92. The molecule has 0 saturated heterocycles. The molecule has 0 atom stereocenters. The smallest absolute Gasteiger partial charge is 0.0984 e. The number of hydrazone groups is 2. The second-order valence-corrected chi connectivity index (χ2v) is 12.3. The van der Waals surface area contributed by atoms with Gasteiger partial charge < -0.3 is 4.57 Å². The molecule has 5 heteroatoms. The third-order valence-corrected chi connectivity index (χ3v) is 8.92. The van der Waals surface area contributed by atoms with Crippen molar-refractivity contribution < 1.29 is 0 Å². The molecule has 0 amide bonds. The standard InChI is InChI=1S/C25H20N2.C22H21N3/c1-5-13-21(14-6-1)25(22-15-7-2-8-16-22)26-27(23-17-9-3-10-18-23)24-19-11-4-12-20-24;1-3-25-21-12-8-7-11-19(21)20-15-17(13-14-22(20)25)16-23-24(2)18-9-5-4-6-10-18/h1-20H;4-16H,3H2,1-2H3/b;23-16+. The number of aromatic nitrogens is 1. The Kier molecular flexibility index (Phi) is 10.6. The zero-order valence-electron chi connectivity index (χ0n) is 29.5. The van der Waals surface area contributed by atoms with Crippen molar-refractivity contribution in [1.82, 2.24) is 4.57 Å². The molecule has 0 radical (unpaired) electrons. The van der Waals surface area contributed by atoms with E-state index in [1.165, 1.54) is 21.8 Å². The summed E-state index contributed by atoms with van der Waals surface area (Å²) in [6, 6.07) is 66.4. The van der Waals surface area contributed by atoms with Gasteiger partial charge in [0.2, 0.25) is 0 Å². The fourth-order valence-electron chi connectivity index (χ4n) is 6.33. The van der Waals surface area contributed by atoms with Crippen LogP contribution in [0.1, 0.15) is 23.6 Å². The molecule has 1 aromatic heterocycles. The first-order valence-electron chi connectivity index (χ1n) is 17.6. The van der Waals surface area contributed by atoms with E-state index in [2.05, 4.69) is 120 Å². The molecule has 0 aliphatic heterocycles. The molecular weight excluding hydrogens is 635 g/mol. The number of fused-ring (bicyclic) bond motifs is 3. The topological polar surface area (TPSA) is 36.1 Å². The van der Waals surface area contributed by atoms with Crippen LogP contribution < -0.4 is 10.0 Å². The van der Waals surface area contributed by atoms with Gasteiger partial charge in [-0.05, 0) is 67.1 Å². The lowest BCUT2D eigenvalue weighted by atomic mass is 10.0. The summed E-state index contributed by atoms with van der Waals surface area (Å²) < 4.78 is 2.36. The fraction of sp³-hybridized carbons (Fsp3) is 0.0638. The van der Waals surface area contributed by atoms with Crippen LogP contribution >= 0.6 is 0 Å². The number of para-hydroxylation sites is 4. The van der Waals surface area contributed by atoms with Gasteiger partial charge in [0.1, 0.15) is 0 Å². The zero-order valence-corrected chi connectivity index (χ0v) is 29.5. The molecule has 7 aromatic carbocycles. The van der Waals surface area contributed by atoms with Gasteiger partial charge >= 0.3 is 0 Å². The van der Waals surface area contributed by atoms with E-state index < -0.39 is 0 Å². The predicted molar refractivity (Wildman–Crippen MR) is 221 cm³/mol. The van der Waals surface area contributed by atoms with E-state index in [4.69, 9.17) is 5.10 Å². The average Bonchev–Trinajstić information content (AvgIpc) is 3.55. The van der Waals surface area contributed by atoms with Crippen molar-refractivity contribution >= 4 is 50.8 Å². The van der Waals surface area contributed by atoms with E-state index in [-0.39, 0.29) is 0 Å². The highest BCUT2D eigenvalue weighted by molar-refractivity contribution is 6.13. The molecule has 254 valence electrons. The molecule has 0 aliphatic rings. The molecule has 1 heterocycles. The van der Waals surface area contributed by atoms with Gasteiger partial charge in [-0.25, -0.2) is 5.01 Å². The number of hydrogen-bond acceptors (Lipinski definition) is 4. The van der Waals surface area contributed by atoms with Crippen molar-refractivity contribution in [2.45, 2.75) is 13.5 Å². The molecule has 0 spiro atoms. The molecule has 0 bridgehead atoms. The van der Waals surface area contributed by atoms with Crippen LogP contribution in [0.15, 0.2) is 204 Å². The molecule has 0 saturated carbocycles. The van der Waals surface area contributed by atoms with Crippen LogP contribution in [0.3, 0.4) is 0 Å². The van der Waals surface area contributed by atoms with Gasteiger partial charge in [0.15, 0.2) is 0 Å². The highest BCUT2D eigenvalue weighted by atomic mass is 15.5. The lowest BCUT2D eigenvalue weighted by Crippen LogP contribution is -2.15. The molecular formula is C47H41N5. The minimum Gasteiger partial charge on any atom is -0.341 e. The SMILES string of the molecule is CCn1c2ccccc2c2cc(/C=N/N(C)c3ccccc3)ccc21.c1ccc(C(=NN(c2ccccc2)c2ccccc2)c2ccccc2)cc1. The summed E-state index contributed by atoms with van der Waals surface area (Å²) in [7, 11) is 1.97. The van der Waals surface area contributed by atoms with Crippen molar-refractivity contribution in [3.05, 3.63) is 211 Å². The van der Waals surface area contributed by atoms with Crippen LogP contribution in [0.25, 0.3) is 21.8 Å². The van der Waals surface area contributed by atoms with Gasteiger partial charge in [0.25, 0.3) is 0 Å². The van der Waals surface area contributed by atoms with Crippen LogP contribution in [-0.4, -0.2) is 23.5 Å². The van der Waals surface area contributed by atoms with E-state index in [0.717, 1.165) is 46.0 Å². The largest absolute Gasteiger partial charge is 0.341 e. The monoisotopic (exact) mass is 675 g/mol. The molecule has 8 aromatic rings. The van der Waals surface area contributed by atoms with Gasteiger partial charge in [-0.2, -0.15) is 10.2 Å². The summed E-state index contributed by atoms with van der Waals surface area (Å²) in [5.74, 6) is 0. The highest BCUT2D eigenvalue weighted by Gasteiger charge is 2.13. The molecule has 0 fully saturated rings. The van der Waals surface area contributed by atoms with Gasteiger partial charge in [-0.1, -0.05) is 140 Å². The first-order valence-corrected chi connectivity index (χ1v) is 17.6. The minimum absolute atomic E-state index is 0.934. The number of hydrogen-bond donors (Lipinski definition) is 0. The van der Waals surface area contributed by atoms with Gasteiger partial charge in [0, 0.05) is 46.5 Å². The molecule has 0 N–H and O–H groups in total. The van der Waals surface area contributed by atoms with Crippen LogP contribution in [0, 0.1) is 0 Å². The van der Waals surface area contributed by atoms with E-state index in [9.17, 15) is 0 Å². The minimum atomic E-state index is 0.934. The second-order valence-electron chi connectivity index (χ2n) is 12.3. The van der Waals surface area contributed by atoms with Crippen molar-refractivity contribution in [2.75, 3.05) is 17.1 Å². The summed E-state index contributed by atoms with van der Waals surface area (Å²) in [4.78, 5) is 0. The van der Waals surface area contributed by atoms with E-state index in [1.54, 1.807) is 0 Å². The molecule has 8 rings (SSSR count).